The number of amides is 3. The molecule has 7 heteroatoms. The van der Waals surface area contributed by atoms with Gasteiger partial charge in [-0.25, -0.2) is 9.69 Å². The summed E-state index contributed by atoms with van der Waals surface area (Å²) in [5.41, 5.74) is 0.936. The molecule has 0 saturated carbocycles. The van der Waals surface area contributed by atoms with Crippen LogP contribution in [0.25, 0.3) is 0 Å². The predicted molar refractivity (Wildman–Crippen MR) is 103 cm³/mol. The number of hydrogen-bond donors (Lipinski definition) is 0. The van der Waals surface area contributed by atoms with Crippen LogP contribution < -0.4 is 0 Å². The van der Waals surface area contributed by atoms with E-state index in [9.17, 15) is 9.59 Å². The fraction of sp³-hybridized carbons (Fsp3) is 0.500. The van der Waals surface area contributed by atoms with Crippen LogP contribution in [-0.2, 0) is 11.3 Å². The molecular weight excluding hydrogens is 342 g/mol. The van der Waals surface area contributed by atoms with Crippen molar-refractivity contribution in [1.82, 2.24) is 14.7 Å². The second-order valence-electron chi connectivity index (χ2n) is 7.62. The number of hydrogen-bond acceptors (Lipinski definition) is 2. The first-order valence-electron chi connectivity index (χ1n) is 9.61. The summed E-state index contributed by atoms with van der Waals surface area (Å²) >= 11 is 0. The Labute approximate surface area is 159 Å². The van der Waals surface area contributed by atoms with Crippen LogP contribution in [0.15, 0.2) is 35.3 Å². The van der Waals surface area contributed by atoms with Gasteiger partial charge in [0.2, 0.25) is 11.9 Å². The van der Waals surface area contributed by atoms with Crippen LogP contribution in [0.4, 0.5) is 4.79 Å². The lowest BCUT2D eigenvalue weighted by Crippen LogP contribution is -2.64. The number of carbonyl (C=O) groups excluding carboxylic acids is 2. The van der Waals surface area contributed by atoms with Crippen molar-refractivity contribution < 1.29 is 14.2 Å². The van der Waals surface area contributed by atoms with Crippen molar-refractivity contribution >= 4 is 23.7 Å². The molecule has 142 valence electrons. The highest BCUT2D eigenvalue weighted by Crippen LogP contribution is 2.27. The molecule has 3 aliphatic heterocycles. The maximum atomic E-state index is 13.4. The number of imide groups is 1. The second-order valence-corrected chi connectivity index (χ2v) is 7.62. The van der Waals surface area contributed by atoms with Crippen molar-refractivity contribution in [3.63, 3.8) is 0 Å². The van der Waals surface area contributed by atoms with E-state index in [0.29, 0.717) is 5.84 Å². The van der Waals surface area contributed by atoms with Crippen molar-refractivity contribution in [1.29, 1.82) is 0 Å². The number of guanidine groups is 1. The second kappa shape index (κ2) is 6.79. The van der Waals surface area contributed by atoms with E-state index in [4.69, 9.17) is 4.99 Å². The molecule has 1 aromatic rings. The summed E-state index contributed by atoms with van der Waals surface area (Å²) in [5.74, 6) is 1.19. The maximum Gasteiger partial charge on any atom is 0.392 e. The van der Waals surface area contributed by atoms with Crippen LogP contribution in [0.5, 0.6) is 0 Å². The molecule has 3 amide bonds. The number of rotatable bonds is 3. The third kappa shape index (κ3) is 2.91. The van der Waals surface area contributed by atoms with E-state index < -0.39 is 6.04 Å². The number of benzene rings is 1. The lowest BCUT2D eigenvalue weighted by Gasteiger charge is -2.36. The number of aliphatic imine (C=N–C) groups is 1. The number of amidine groups is 1. The molecule has 4 rings (SSSR count). The lowest BCUT2D eigenvalue weighted by atomic mass is 10.1. The van der Waals surface area contributed by atoms with Crippen LogP contribution in [0, 0.1) is 0 Å². The van der Waals surface area contributed by atoms with Gasteiger partial charge in [-0.05, 0) is 32.3 Å². The van der Waals surface area contributed by atoms with E-state index in [2.05, 4.69) is 23.3 Å². The van der Waals surface area contributed by atoms with Gasteiger partial charge in [0.15, 0.2) is 0 Å². The van der Waals surface area contributed by atoms with E-state index in [1.165, 1.54) is 9.80 Å². The van der Waals surface area contributed by atoms with E-state index in [1.807, 2.05) is 30.3 Å². The van der Waals surface area contributed by atoms with Gasteiger partial charge in [-0.3, -0.25) is 19.2 Å². The molecule has 1 atom stereocenters. The largest absolute Gasteiger partial charge is 0.392 e. The topological polar surface area (TPSA) is 59.2 Å². The SMILES string of the molecule is CC(C)N1C(=[N+]2CCCC2)N=C2C1C(=O)N(Cc1ccccc1)C(=O)N2C. The fourth-order valence-corrected chi connectivity index (χ4v) is 4.06. The zero-order valence-electron chi connectivity index (χ0n) is 16.1. The van der Waals surface area contributed by atoms with E-state index in [0.717, 1.165) is 37.5 Å². The highest BCUT2D eigenvalue weighted by Gasteiger charge is 2.56. The van der Waals surface area contributed by atoms with Gasteiger partial charge in [-0.2, -0.15) is 0 Å². The first-order chi connectivity index (χ1) is 13.0. The molecule has 1 unspecified atom stereocenters. The van der Waals surface area contributed by atoms with Crippen molar-refractivity contribution in [2.24, 2.45) is 4.99 Å². The molecule has 1 aromatic carbocycles. The van der Waals surface area contributed by atoms with Gasteiger partial charge in [0.1, 0.15) is 0 Å². The minimum absolute atomic E-state index is 0.107. The molecule has 2 saturated heterocycles. The summed E-state index contributed by atoms with van der Waals surface area (Å²) < 4.78 is 2.23. The number of carbonyl (C=O) groups is 2. The summed E-state index contributed by atoms with van der Waals surface area (Å²) in [5, 5.41) is 0. The molecule has 27 heavy (non-hydrogen) atoms. The van der Waals surface area contributed by atoms with Gasteiger partial charge in [0.25, 0.3) is 5.91 Å². The van der Waals surface area contributed by atoms with Crippen molar-refractivity contribution in [3.05, 3.63) is 35.9 Å². The van der Waals surface area contributed by atoms with E-state index in [-0.39, 0.29) is 24.5 Å². The Morgan fingerprint density at radius 1 is 1.15 bits per heavy atom. The third-order valence-corrected chi connectivity index (χ3v) is 5.46. The fourth-order valence-electron chi connectivity index (χ4n) is 4.06. The Bertz CT molecular complexity index is 822. The molecule has 0 aliphatic carbocycles. The van der Waals surface area contributed by atoms with Gasteiger partial charge in [-0.15, -0.1) is 0 Å². The zero-order chi connectivity index (χ0) is 19.1. The Kier molecular flexibility index (Phi) is 4.45. The number of nitrogens with zero attached hydrogens (tertiary/aromatic N) is 5. The maximum absolute atomic E-state index is 13.4. The Morgan fingerprint density at radius 2 is 1.81 bits per heavy atom. The third-order valence-electron chi connectivity index (χ3n) is 5.46. The van der Waals surface area contributed by atoms with Crippen LogP contribution in [0.1, 0.15) is 32.3 Å². The smallest absolute Gasteiger partial charge is 0.270 e. The normalized spacial score (nSPS) is 22.9. The summed E-state index contributed by atoms with van der Waals surface area (Å²) in [6.07, 6.45) is 2.27. The molecule has 0 N–H and O–H groups in total. The molecule has 0 radical (unpaired) electrons. The average Bonchev–Trinajstić information content (AvgIpc) is 3.31. The first kappa shape index (κ1) is 17.7. The summed E-state index contributed by atoms with van der Waals surface area (Å²) in [6.45, 7) is 6.31. The highest BCUT2D eigenvalue weighted by molar-refractivity contribution is 6.25. The first-order valence-corrected chi connectivity index (χ1v) is 9.61. The van der Waals surface area contributed by atoms with Gasteiger partial charge in [0, 0.05) is 7.05 Å². The Hall–Kier alpha value is -2.70. The highest BCUT2D eigenvalue weighted by atomic mass is 16.2. The summed E-state index contributed by atoms with van der Waals surface area (Å²) in [6, 6.07) is 8.88. The minimum atomic E-state index is -0.535. The summed E-state index contributed by atoms with van der Waals surface area (Å²) in [7, 11) is 1.71. The molecule has 0 spiro atoms. The van der Waals surface area contributed by atoms with Gasteiger partial charge in [0.05, 0.1) is 25.7 Å². The van der Waals surface area contributed by atoms with Crippen molar-refractivity contribution in [2.75, 3.05) is 20.1 Å². The molecule has 7 nitrogen and oxygen atoms in total. The van der Waals surface area contributed by atoms with Gasteiger partial charge < -0.3 is 0 Å². The van der Waals surface area contributed by atoms with Crippen LogP contribution in [0.2, 0.25) is 0 Å². The standard InChI is InChI=1S/C20H26N5O2/c1-14(2)25-16-17(21-19(25)23-11-7-8-12-23)22(3)20(27)24(18(16)26)13-15-9-5-4-6-10-15/h4-6,9-10,14,16H,7-8,11-13H2,1-3H3/q+1. The molecule has 3 aliphatic rings. The predicted octanol–water partition coefficient (Wildman–Crippen LogP) is 1.73. The number of urea groups is 1. The average molecular weight is 368 g/mol. The molecule has 0 aromatic heterocycles. The number of fused-ring (bicyclic) bond motifs is 1. The van der Waals surface area contributed by atoms with Gasteiger partial charge >= 0.3 is 12.0 Å². The summed E-state index contributed by atoms with van der Waals surface area (Å²) in [4.78, 5) is 36.0. The quantitative estimate of drug-likeness (QED) is 0.764. The van der Waals surface area contributed by atoms with Crippen LogP contribution in [0.3, 0.4) is 0 Å². The Balaban J connectivity index is 1.72. The molecule has 3 heterocycles. The molecule has 0 bridgehead atoms. The molecular formula is C20H26N5O2+. The Morgan fingerprint density at radius 3 is 2.44 bits per heavy atom. The lowest BCUT2D eigenvalue weighted by molar-refractivity contribution is -0.512. The van der Waals surface area contributed by atoms with Crippen LogP contribution >= 0.6 is 0 Å². The van der Waals surface area contributed by atoms with Gasteiger partial charge in [-0.1, -0.05) is 35.3 Å². The van der Waals surface area contributed by atoms with E-state index in [1.54, 1.807) is 7.05 Å². The monoisotopic (exact) mass is 368 g/mol. The van der Waals surface area contributed by atoms with Crippen LogP contribution in [-0.4, -0.2) is 75.2 Å². The minimum Gasteiger partial charge on any atom is -0.270 e. The zero-order valence-corrected chi connectivity index (χ0v) is 16.1. The van der Waals surface area contributed by atoms with Crippen molar-refractivity contribution in [3.8, 4) is 0 Å². The van der Waals surface area contributed by atoms with Crippen molar-refractivity contribution in [2.45, 2.75) is 45.3 Å². The van der Waals surface area contributed by atoms with E-state index >= 15 is 0 Å². The molecule has 2 fully saturated rings. The number of likely N-dealkylation sites (N-methyl/N-ethyl adjacent to an activating group) is 1.